The van der Waals surface area contributed by atoms with E-state index in [1.165, 1.54) is 12.8 Å². The first-order valence-corrected chi connectivity index (χ1v) is 5.97. The van der Waals surface area contributed by atoms with Crippen molar-refractivity contribution in [2.24, 2.45) is 5.92 Å². The molecule has 84 valence electrons. The van der Waals surface area contributed by atoms with E-state index < -0.39 is 0 Å². The monoisotopic (exact) mass is 225 g/mol. The number of thiocarbonyl (C=S) groups is 1. The molecule has 15 heavy (non-hydrogen) atoms. The number of nitrogens with one attached hydrogen (secondary N) is 1. The van der Waals surface area contributed by atoms with Gasteiger partial charge in [-0.3, -0.25) is 0 Å². The van der Waals surface area contributed by atoms with Crippen LogP contribution in [0.5, 0.6) is 0 Å². The van der Waals surface area contributed by atoms with Gasteiger partial charge in [0, 0.05) is 19.1 Å². The molecular weight excluding hydrogens is 206 g/mol. The van der Waals surface area contributed by atoms with Crippen LogP contribution in [-0.2, 0) is 0 Å². The minimum Gasteiger partial charge on any atom is -0.362 e. The lowest BCUT2D eigenvalue weighted by Gasteiger charge is -2.25. The van der Waals surface area contributed by atoms with E-state index in [1.807, 2.05) is 0 Å². The standard InChI is InChI=1S/C11H19N3S/c1-9(2)8-13-11(15)14(7-3-6-12)10-4-5-10/h9-10H,3-5,7-8H2,1-2H3,(H,13,15). The first kappa shape index (κ1) is 12.3. The highest BCUT2D eigenvalue weighted by molar-refractivity contribution is 7.80. The largest absolute Gasteiger partial charge is 0.362 e. The molecule has 0 bridgehead atoms. The van der Waals surface area contributed by atoms with Gasteiger partial charge in [-0.1, -0.05) is 13.8 Å². The molecule has 3 nitrogen and oxygen atoms in total. The summed E-state index contributed by atoms with van der Waals surface area (Å²) >= 11 is 5.33. The third-order valence-corrected chi connectivity index (χ3v) is 2.75. The molecule has 0 aromatic heterocycles. The molecule has 0 radical (unpaired) electrons. The first-order valence-electron chi connectivity index (χ1n) is 5.56. The Morgan fingerprint density at radius 2 is 2.27 bits per heavy atom. The summed E-state index contributed by atoms with van der Waals surface area (Å²) in [6.07, 6.45) is 2.99. The Labute approximate surface area is 97.4 Å². The number of rotatable bonds is 5. The lowest BCUT2D eigenvalue weighted by Crippen LogP contribution is -2.42. The summed E-state index contributed by atoms with van der Waals surface area (Å²) in [5, 5.41) is 12.7. The quantitative estimate of drug-likeness (QED) is 0.725. The third kappa shape index (κ3) is 4.48. The van der Waals surface area contributed by atoms with Crippen LogP contribution in [0.15, 0.2) is 0 Å². The van der Waals surface area contributed by atoms with E-state index in [1.54, 1.807) is 0 Å². The zero-order chi connectivity index (χ0) is 11.3. The van der Waals surface area contributed by atoms with Crippen LogP contribution >= 0.6 is 12.2 Å². The average Bonchev–Trinajstić information content (AvgIpc) is 2.99. The Morgan fingerprint density at radius 3 is 2.73 bits per heavy atom. The van der Waals surface area contributed by atoms with Gasteiger partial charge < -0.3 is 10.2 Å². The van der Waals surface area contributed by atoms with E-state index in [0.29, 0.717) is 18.4 Å². The summed E-state index contributed by atoms with van der Waals surface area (Å²) in [6.45, 7) is 6.00. The molecule has 1 aliphatic rings. The molecule has 0 aromatic carbocycles. The fraction of sp³-hybridized carbons (Fsp3) is 0.818. The highest BCUT2D eigenvalue weighted by Gasteiger charge is 2.30. The van der Waals surface area contributed by atoms with E-state index in [2.05, 4.69) is 30.1 Å². The van der Waals surface area contributed by atoms with Gasteiger partial charge in [0.25, 0.3) is 0 Å². The number of hydrogen-bond donors (Lipinski definition) is 1. The maximum atomic E-state index is 8.58. The lowest BCUT2D eigenvalue weighted by molar-refractivity contribution is 0.407. The second-order valence-corrected chi connectivity index (χ2v) is 4.80. The van der Waals surface area contributed by atoms with Crippen molar-refractivity contribution in [3.63, 3.8) is 0 Å². The maximum absolute atomic E-state index is 8.58. The third-order valence-electron chi connectivity index (χ3n) is 2.37. The van der Waals surface area contributed by atoms with Gasteiger partial charge in [0.15, 0.2) is 5.11 Å². The fourth-order valence-electron chi connectivity index (χ4n) is 1.40. The summed E-state index contributed by atoms with van der Waals surface area (Å²) in [6, 6.07) is 2.76. The Morgan fingerprint density at radius 1 is 1.60 bits per heavy atom. The van der Waals surface area contributed by atoms with Crippen molar-refractivity contribution in [3.05, 3.63) is 0 Å². The van der Waals surface area contributed by atoms with Crippen molar-refractivity contribution in [2.75, 3.05) is 13.1 Å². The topological polar surface area (TPSA) is 39.1 Å². The molecule has 1 aliphatic carbocycles. The summed E-state index contributed by atoms with van der Waals surface area (Å²) < 4.78 is 0. The molecule has 0 heterocycles. The van der Waals surface area contributed by atoms with Crippen LogP contribution in [0.3, 0.4) is 0 Å². The zero-order valence-corrected chi connectivity index (χ0v) is 10.3. The second kappa shape index (κ2) is 5.92. The van der Waals surface area contributed by atoms with Crippen LogP contribution in [0, 0.1) is 17.2 Å². The number of nitrogens with zero attached hydrogens (tertiary/aromatic N) is 2. The van der Waals surface area contributed by atoms with Crippen molar-refractivity contribution >= 4 is 17.3 Å². The maximum Gasteiger partial charge on any atom is 0.169 e. The molecular formula is C11H19N3S. The van der Waals surface area contributed by atoms with Crippen LogP contribution in [0.4, 0.5) is 0 Å². The van der Waals surface area contributed by atoms with E-state index in [9.17, 15) is 0 Å². The van der Waals surface area contributed by atoms with Crippen LogP contribution in [0.2, 0.25) is 0 Å². The number of nitriles is 1. The Balaban J connectivity index is 2.34. The molecule has 1 N–H and O–H groups in total. The van der Waals surface area contributed by atoms with Gasteiger partial charge in [-0.15, -0.1) is 0 Å². The minimum absolute atomic E-state index is 0.556. The Hall–Kier alpha value is -0.820. The van der Waals surface area contributed by atoms with Crippen molar-refractivity contribution in [2.45, 2.75) is 39.2 Å². The molecule has 0 unspecified atom stereocenters. The van der Waals surface area contributed by atoms with Gasteiger partial charge in [0.2, 0.25) is 0 Å². The van der Waals surface area contributed by atoms with Gasteiger partial charge in [0.05, 0.1) is 12.5 Å². The SMILES string of the molecule is CC(C)CNC(=S)N(CCC#N)C1CC1. The first-order chi connectivity index (χ1) is 7.15. The molecule has 1 fully saturated rings. The molecule has 0 amide bonds. The van der Waals surface area contributed by atoms with Gasteiger partial charge in [0.1, 0.15) is 0 Å². The van der Waals surface area contributed by atoms with Crippen LogP contribution < -0.4 is 5.32 Å². The Bertz CT molecular complexity index is 253. The fourth-order valence-corrected chi connectivity index (χ4v) is 1.72. The minimum atomic E-state index is 0.556. The molecule has 0 saturated heterocycles. The van der Waals surface area contributed by atoms with Crippen LogP contribution in [-0.4, -0.2) is 29.1 Å². The van der Waals surface area contributed by atoms with Gasteiger partial charge in [-0.05, 0) is 31.0 Å². The smallest absolute Gasteiger partial charge is 0.169 e. The average molecular weight is 225 g/mol. The normalized spacial score (nSPS) is 14.8. The van der Waals surface area contributed by atoms with Crippen molar-refractivity contribution < 1.29 is 0 Å². The van der Waals surface area contributed by atoms with Crippen molar-refractivity contribution in [1.29, 1.82) is 5.26 Å². The highest BCUT2D eigenvalue weighted by atomic mass is 32.1. The predicted molar refractivity (Wildman–Crippen MR) is 65.4 cm³/mol. The lowest BCUT2D eigenvalue weighted by atomic mass is 10.2. The van der Waals surface area contributed by atoms with Gasteiger partial charge in [-0.25, -0.2) is 0 Å². The predicted octanol–water partition coefficient (Wildman–Crippen LogP) is 1.89. The van der Waals surface area contributed by atoms with E-state index in [4.69, 9.17) is 17.5 Å². The molecule has 0 aromatic rings. The van der Waals surface area contributed by atoms with Crippen LogP contribution in [0.1, 0.15) is 33.1 Å². The molecule has 4 heteroatoms. The van der Waals surface area contributed by atoms with E-state index in [0.717, 1.165) is 18.2 Å². The molecule has 0 spiro atoms. The molecule has 0 aliphatic heterocycles. The summed E-state index contributed by atoms with van der Waals surface area (Å²) in [5.74, 6) is 0.597. The molecule has 1 rings (SSSR count). The summed E-state index contributed by atoms with van der Waals surface area (Å²) in [7, 11) is 0. The van der Waals surface area contributed by atoms with Crippen molar-refractivity contribution in [3.8, 4) is 6.07 Å². The van der Waals surface area contributed by atoms with E-state index in [-0.39, 0.29) is 0 Å². The van der Waals surface area contributed by atoms with E-state index >= 15 is 0 Å². The number of hydrogen-bond acceptors (Lipinski definition) is 2. The van der Waals surface area contributed by atoms with Gasteiger partial charge in [-0.2, -0.15) is 5.26 Å². The highest BCUT2D eigenvalue weighted by Crippen LogP contribution is 2.26. The molecule has 0 atom stereocenters. The second-order valence-electron chi connectivity index (χ2n) is 4.41. The summed E-state index contributed by atoms with van der Waals surface area (Å²) in [4.78, 5) is 2.17. The van der Waals surface area contributed by atoms with Crippen LogP contribution in [0.25, 0.3) is 0 Å². The Kier molecular flexibility index (Phi) is 4.83. The van der Waals surface area contributed by atoms with Gasteiger partial charge >= 0.3 is 0 Å². The molecule has 1 saturated carbocycles. The zero-order valence-electron chi connectivity index (χ0n) is 9.49. The summed E-state index contributed by atoms with van der Waals surface area (Å²) in [5.41, 5.74) is 0. The van der Waals surface area contributed by atoms with Crippen molar-refractivity contribution in [1.82, 2.24) is 10.2 Å².